The summed E-state index contributed by atoms with van der Waals surface area (Å²) in [5.74, 6) is -0.529. The van der Waals surface area contributed by atoms with Crippen LogP contribution in [0.1, 0.15) is 11.7 Å². The van der Waals surface area contributed by atoms with E-state index in [0.29, 0.717) is 5.56 Å². The van der Waals surface area contributed by atoms with Gasteiger partial charge in [0.1, 0.15) is 12.8 Å². The van der Waals surface area contributed by atoms with E-state index in [0.717, 1.165) is 6.26 Å². The van der Waals surface area contributed by atoms with Crippen LogP contribution in [0.3, 0.4) is 0 Å². The van der Waals surface area contributed by atoms with Crippen LogP contribution in [-0.2, 0) is 14.6 Å². The Morgan fingerprint density at radius 2 is 1.83 bits per heavy atom. The Bertz CT molecular complexity index is 642. The van der Waals surface area contributed by atoms with Gasteiger partial charge in [0.25, 0.3) is 0 Å². The highest BCUT2D eigenvalue weighted by Gasteiger charge is 2.27. The van der Waals surface area contributed by atoms with Crippen molar-refractivity contribution in [1.29, 1.82) is 0 Å². The molecule has 6 nitrogen and oxygen atoms in total. The number of halogens is 1. The zero-order chi connectivity index (χ0) is 17.8. The third-order valence-corrected chi connectivity index (χ3v) is 5.45. The first-order valence-electron chi connectivity index (χ1n) is 7.00. The lowest BCUT2D eigenvalue weighted by Crippen LogP contribution is -2.44. The molecule has 0 spiro atoms. The number of aliphatic hydroxyl groups excluding tert-OH is 1. The van der Waals surface area contributed by atoms with Crippen LogP contribution in [0, 0.1) is 0 Å². The van der Waals surface area contributed by atoms with Crippen molar-refractivity contribution < 1.29 is 27.5 Å². The van der Waals surface area contributed by atoms with Gasteiger partial charge in [0.05, 0.1) is 10.9 Å². The predicted molar refractivity (Wildman–Crippen MR) is 86.9 cm³/mol. The van der Waals surface area contributed by atoms with Crippen molar-refractivity contribution in [2.45, 2.75) is 36.2 Å². The van der Waals surface area contributed by atoms with Gasteiger partial charge < -0.3 is 15.2 Å². The average Bonchev–Trinajstić information content (AvgIpc) is 2.41. The van der Waals surface area contributed by atoms with Crippen molar-refractivity contribution in [3.8, 4) is 0 Å². The molecule has 0 aliphatic carbocycles. The van der Waals surface area contributed by atoms with E-state index in [1.807, 2.05) is 0 Å². The van der Waals surface area contributed by atoms with Gasteiger partial charge in [0, 0.05) is 12.3 Å². The largest absolute Gasteiger partial charge is 0.432 e. The molecule has 0 aliphatic heterocycles. The molecule has 1 rings (SSSR count). The summed E-state index contributed by atoms with van der Waals surface area (Å²) in [7, 11) is -5.98. The van der Waals surface area contributed by atoms with Crippen LogP contribution in [0.15, 0.2) is 29.2 Å². The van der Waals surface area contributed by atoms with Crippen LogP contribution >= 0.6 is 0 Å². The smallest absolute Gasteiger partial charge is 0.219 e. The Hall–Kier alpha value is -1.29. The lowest BCUT2D eigenvalue weighted by molar-refractivity contribution is -0.120. The molecule has 0 fully saturated rings. The van der Waals surface area contributed by atoms with Gasteiger partial charge in [-0.2, -0.15) is 0 Å². The highest BCUT2D eigenvalue weighted by atomic mass is 32.2. The molecule has 1 amide bonds. The van der Waals surface area contributed by atoms with Gasteiger partial charge in [-0.15, -0.1) is 0 Å². The quantitative estimate of drug-likeness (QED) is 0.621. The molecule has 1 aromatic rings. The Morgan fingerprint density at radius 3 is 2.22 bits per heavy atom. The molecule has 0 aliphatic rings. The third kappa shape index (κ3) is 6.38. The number of hydrogen-bond donors (Lipinski definition) is 3. The number of sulfone groups is 1. The topological polar surface area (TPSA) is 104 Å². The molecular formula is C14H22FNO5SSi. The van der Waals surface area contributed by atoms with E-state index in [1.165, 1.54) is 24.3 Å². The summed E-state index contributed by atoms with van der Waals surface area (Å²) in [6, 6.07) is 4.12. The van der Waals surface area contributed by atoms with Crippen molar-refractivity contribution in [2.24, 2.45) is 0 Å². The summed E-state index contributed by atoms with van der Waals surface area (Å²) in [5, 5.41) is 12.5. The fraction of sp³-hybridized carbons (Fsp3) is 0.500. The zero-order valence-corrected chi connectivity index (χ0v) is 15.1. The van der Waals surface area contributed by atoms with Crippen molar-refractivity contribution in [2.75, 3.05) is 12.9 Å². The molecule has 0 aromatic heterocycles. The molecule has 23 heavy (non-hydrogen) atoms. The number of hydrogen-bond acceptors (Lipinski definition) is 5. The highest BCUT2D eigenvalue weighted by Crippen LogP contribution is 2.20. The maximum Gasteiger partial charge on any atom is 0.219 e. The Kier molecular flexibility index (Phi) is 6.46. The number of carbonyl (C=O) groups excluding carboxylic acids is 1. The van der Waals surface area contributed by atoms with Crippen LogP contribution in [-0.4, -0.2) is 51.5 Å². The average molecular weight is 363 g/mol. The fourth-order valence-electron chi connectivity index (χ4n) is 2.00. The van der Waals surface area contributed by atoms with Gasteiger partial charge in [0.15, 0.2) is 18.2 Å². The number of nitrogens with one attached hydrogen (secondary N) is 1. The second kappa shape index (κ2) is 7.52. The molecule has 2 atom stereocenters. The molecule has 0 radical (unpaired) electrons. The lowest BCUT2D eigenvalue weighted by atomic mass is 10.0. The Labute approximate surface area is 136 Å². The van der Waals surface area contributed by atoms with Crippen LogP contribution in [0.25, 0.3) is 0 Å². The Morgan fingerprint density at radius 1 is 1.30 bits per heavy atom. The van der Waals surface area contributed by atoms with Crippen LogP contribution in [0.2, 0.25) is 19.1 Å². The maximum absolute atomic E-state index is 13.1. The third-order valence-electron chi connectivity index (χ3n) is 3.14. The van der Waals surface area contributed by atoms with Crippen LogP contribution < -0.4 is 5.32 Å². The summed E-state index contributed by atoms with van der Waals surface area (Å²) in [6.45, 7) is 2.17. The van der Waals surface area contributed by atoms with E-state index < -0.39 is 42.9 Å². The molecule has 0 unspecified atom stereocenters. The van der Waals surface area contributed by atoms with Gasteiger partial charge in [-0.3, -0.25) is 4.79 Å². The zero-order valence-electron chi connectivity index (χ0n) is 13.3. The minimum absolute atomic E-state index is 0.0855. The van der Waals surface area contributed by atoms with E-state index in [9.17, 15) is 27.5 Å². The number of alkyl halides is 1. The summed E-state index contributed by atoms with van der Waals surface area (Å²) in [5.41, 5.74) is 0.292. The van der Waals surface area contributed by atoms with E-state index >= 15 is 0 Å². The molecule has 3 N–H and O–H groups in total. The second-order valence-electron chi connectivity index (χ2n) is 6.10. The number of rotatable bonds is 7. The molecule has 1 aromatic carbocycles. The monoisotopic (exact) mass is 363 g/mol. The fourth-order valence-corrected chi connectivity index (χ4v) is 3.52. The molecule has 0 saturated heterocycles. The molecule has 0 heterocycles. The number of aliphatic hydroxyl groups is 1. The first kappa shape index (κ1) is 19.8. The van der Waals surface area contributed by atoms with Crippen molar-refractivity contribution in [3.05, 3.63) is 29.8 Å². The van der Waals surface area contributed by atoms with E-state index in [4.69, 9.17) is 0 Å². The number of carbonyl (C=O) groups is 1. The molecule has 0 saturated carbocycles. The summed E-state index contributed by atoms with van der Waals surface area (Å²) < 4.78 is 35.9. The summed E-state index contributed by atoms with van der Waals surface area (Å²) in [4.78, 5) is 21.5. The molecular weight excluding hydrogens is 341 g/mol. The SMILES string of the molecule is C[Si](C)(O)CC(=O)N[C@H](CF)[C@H](O)c1ccc(S(C)(=O)=O)cc1. The van der Waals surface area contributed by atoms with Gasteiger partial charge >= 0.3 is 0 Å². The van der Waals surface area contributed by atoms with E-state index in [-0.39, 0.29) is 10.9 Å². The number of benzene rings is 1. The van der Waals surface area contributed by atoms with Gasteiger partial charge in [-0.05, 0) is 30.8 Å². The predicted octanol–water partition coefficient (Wildman–Crippen LogP) is 0.775. The molecule has 0 bridgehead atoms. The van der Waals surface area contributed by atoms with Crippen LogP contribution in [0.5, 0.6) is 0 Å². The van der Waals surface area contributed by atoms with Crippen molar-refractivity contribution in [3.63, 3.8) is 0 Å². The summed E-state index contributed by atoms with van der Waals surface area (Å²) >= 11 is 0. The summed E-state index contributed by atoms with van der Waals surface area (Å²) in [6.07, 6.45) is -0.259. The van der Waals surface area contributed by atoms with Crippen molar-refractivity contribution >= 4 is 24.1 Å². The van der Waals surface area contributed by atoms with E-state index in [2.05, 4.69) is 5.32 Å². The minimum atomic E-state index is -3.36. The lowest BCUT2D eigenvalue weighted by Gasteiger charge is -2.23. The maximum atomic E-state index is 13.1. The number of amides is 1. The van der Waals surface area contributed by atoms with Crippen LogP contribution in [0.4, 0.5) is 4.39 Å². The first-order chi connectivity index (χ1) is 10.4. The van der Waals surface area contributed by atoms with Gasteiger partial charge in [0.2, 0.25) is 5.91 Å². The minimum Gasteiger partial charge on any atom is -0.432 e. The normalized spacial score (nSPS) is 15.0. The van der Waals surface area contributed by atoms with E-state index in [1.54, 1.807) is 13.1 Å². The Balaban J connectivity index is 2.84. The highest BCUT2D eigenvalue weighted by molar-refractivity contribution is 7.90. The second-order valence-corrected chi connectivity index (χ2v) is 12.1. The van der Waals surface area contributed by atoms with Gasteiger partial charge in [-0.1, -0.05) is 12.1 Å². The first-order valence-corrected chi connectivity index (χ1v) is 12.0. The standard InChI is InChI=1S/C14H22FNO5SSi/c1-22(19,20)11-6-4-10(5-7-11)14(18)12(8-15)16-13(17)9-23(2,3)21/h4-7,12,14,18,21H,8-9H2,1-3H3,(H,16,17)/t12-,14-/m1/s1. The van der Waals surface area contributed by atoms with Crippen molar-refractivity contribution in [1.82, 2.24) is 5.32 Å². The van der Waals surface area contributed by atoms with Gasteiger partial charge in [-0.25, -0.2) is 12.8 Å². The molecule has 9 heteroatoms. The molecule has 130 valence electrons.